The van der Waals surface area contributed by atoms with Gasteiger partial charge in [-0.2, -0.15) is 0 Å². The fraction of sp³-hybridized carbons (Fsp3) is 0.296. The predicted molar refractivity (Wildman–Crippen MR) is 157 cm³/mol. The Morgan fingerprint density at radius 3 is 2.18 bits per heavy atom. The molecule has 0 heterocycles. The molecule has 0 aliphatic carbocycles. The van der Waals surface area contributed by atoms with E-state index in [1.165, 1.54) is 0 Å². The molecule has 0 aliphatic rings. The van der Waals surface area contributed by atoms with Crippen molar-refractivity contribution in [3.05, 3.63) is 83.9 Å². The highest BCUT2D eigenvalue weighted by molar-refractivity contribution is 7.89. The van der Waals surface area contributed by atoms with Crippen molar-refractivity contribution in [2.75, 3.05) is 31.3 Å². The summed E-state index contributed by atoms with van der Waals surface area (Å²) in [6, 6.07) is 22.3. The van der Waals surface area contributed by atoms with E-state index in [2.05, 4.69) is 10.6 Å². The summed E-state index contributed by atoms with van der Waals surface area (Å²) >= 11 is 0. The molecule has 0 spiro atoms. The number of aliphatic hydroxyl groups is 1. The number of benzene rings is 3. The molecule has 0 fully saturated rings. The fourth-order valence-corrected chi connectivity index (χ4v) is 4.04. The second-order valence-electron chi connectivity index (χ2n) is 8.77. The van der Waals surface area contributed by atoms with Crippen molar-refractivity contribution < 1.29 is 23.1 Å². The second-order valence-corrected chi connectivity index (χ2v) is 10.5. The van der Waals surface area contributed by atoms with E-state index in [4.69, 9.17) is 4.74 Å². The van der Waals surface area contributed by atoms with Crippen LogP contribution in [0.1, 0.15) is 35.9 Å². The molecule has 3 aromatic carbocycles. The lowest BCUT2D eigenvalue weighted by Gasteiger charge is -2.16. The van der Waals surface area contributed by atoms with Crippen LogP contribution in [-0.2, 0) is 10.0 Å². The maximum absolute atomic E-state index is 12.4. The van der Waals surface area contributed by atoms with Crippen molar-refractivity contribution in [2.45, 2.75) is 26.0 Å². The fourth-order valence-electron chi connectivity index (χ4n) is 3.59. The zero-order valence-electron chi connectivity index (χ0n) is 21.5. The zero-order valence-corrected chi connectivity index (χ0v) is 24.0. The summed E-state index contributed by atoms with van der Waals surface area (Å²) in [6.45, 7) is 5.36. The summed E-state index contributed by atoms with van der Waals surface area (Å²) in [5.41, 5.74) is 3.47. The molecule has 0 radical (unpaired) electrons. The maximum atomic E-state index is 12.4. The van der Waals surface area contributed by atoms with Crippen molar-refractivity contribution >= 4 is 46.4 Å². The first-order valence-corrected chi connectivity index (χ1v) is 13.6. The highest BCUT2D eigenvalue weighted by Gasteiger charge is 2.17. The molecule has 0 saturated heterocycles. The van der Waals surface area contributed by atoms with Gasteiger partial charge in [-0.05, 0) is 54.8 Å². The number of anilines is 1. The Morgan fingerprint density at radius 1 is 0.947 bits per heavy atom. The molecule has 11 heteroatoms. The average Bonchev–Trinajstić information content (AvgIpc) is 2.83. The van der Waals surface area contributed by atoms with Crippen LogP contribution >= 0.6 is 24.8 Å². The third-order valence-corrected chi connectivity index (χ3v) is 5.80. The summed E-state index contributed by atoms with van der Waals surface area (Å²) in [5, 5.41) is 16.6. The number of amides is 1. The number of carbonyl (C=O) groups is 1. The Hall–Kier alpha value is -2.82. The smallest absolute Gasteiger partial charge is 0.266 e. The molecule has 0 bridgehead atoms. The van der Waals surface area contributed by atoms with Crippen LogP contribution in [0.15, 0.2) is 72.8 Å². The van der Waals surface area contributed by atoms with Crippen LogP contribution in [0.25, 0.3) is 11.1 Å². The van der Waals surface area contributed by atoms with E-state index in [9.17, 15) is 18.3 Å². The number of sulfonamides is 1. The SMILES string of the molecule is CC(C)Nc1cc(-c2ccc(OCCNC[C@@H](O)c3ccccc3)cc2)ccc1C(=O)NS(C)(=O)=O.Cl.Cl. The Kier molecular flexibility index (Phi) is 13.6. The van der Waals surface area contributed by atoms with Crippen molar-refractivity contribution in [1.29, 1.82) is 0 Å². The van der Waals surface area contributed by atoms with Crippen LogP contribution in [0.3, 0.4) is 0 Å². The van der Waals surface area contributed by atoms with E-state index in [0.717, 1.165) is 22.9 Å². The lowest BCUT2D eigenvalue weighted by molar-refractivity contribution is 0.0982. The standard InChI is InChI=1S/C27H33N3O5S.2ClH/c1-19(2)29-25-17-22(11-14-24(25)27(32)30-36(3,33)34)20-9-12-23(13-10-20)35-16-15-28-18-26(31)21-7-5-4-6-8-21;;/h4-14,17,19,26,28-29,31H,15-16,18H2,1-3H3,(H,30,32);2*1H/t26-;;/m1../s1. The number of hydrogen-bond donors (Lipinski definition) is 4. The van der Waals surface area contributed by atoms with Crippen LogP contribution in [-0.4, -0.2) is 51.4 Å². The van der Waals surface area contributed by atoms with Crippen molar-refractivity contribution in [1.82, 2.24) is 10.0 Å². The number of nitrogens with one attached hydrogen (secondary N) is 3. The molecule has 208 valence electrons. The minimum absolute atomic E-state index is 0. The van der Waals surface area contributed by atoms with E-state index in [0.29, 0.717) is 31.1 Å². The van der Waals surface area contributed by atoms with Gasteiger partial charge in [0.05, 0.1) is 17.9 Å². The molecule has 1 atom stereocenters. The number of halogens is 2. The number of rotatable bonds is 12. The van der Waals surface area contributed by atoms with Gasteiger partial charge in [0.25, 0.3) is 5.91 Å². The first-order chi connectivity index (χ1) is 17.1. The summed E-state index contributed by atoms with van der Waals surface area (Å²) in [6.07, 6.45) is 0.382. The van der Waals surface area contributed by atoms with Gasteiger partial charge >= 0.3 is 0 Å². The lowest BCUT2D eigenvalue weighted by Crippen LogP contribution is -2.30. The molecular weight excluding hydrogens is 549 g/mol. The Bertz CT molecular complexity index is 1260. The molecule has 8 nitrogen and oxygen atoms in total. The Balaban J connectivity index is 0.00000361. The zero-order chi connectivity index (χ0) is 26.1. The monoisotopic (exact) mass is 583 g/mol. The van der Waals surface area contributed by atoms with Gasteiger partial charge < -0.3 is 20.5 Å². The largest absolute Gasteiger partial charge is 0.492 e. The highest BCUT2D eigenvalue weighted by Crippen LogP contribution is 2.28. The molecule has 0 saturated carbocycles. The normalized spacial score (nSPS) is 11.6. The summed E-state index contributed by atoms with van der Waals surface area (Å²) in [7, 11) is -3.67. The minimum atomic E-state index is -3.67. The minimum Gasteiger partial charge on any atom is -0.492 e. The summed E-state index contributed by atoms with van der Waals surface area (Å²) in [4.78, 5) is 12.4. The molecular formula is C27H35Cl2N3O5S. The van der Waals surface area contributed by atoms with Crippen LogP contribution in [0, 0.1) is 0 Å². The van der Waals surface area contributed by atoms with Gasteiger partial charge in [-0.25, -0.2) is 13.1 Å². The van der Waals surface area contributed by atoms with E-state index in [-0.39, 0.29) is 36.4 Å². The van der Waals surface area contributed by atoms with Gasteiger partial charge in [0.1, 0.15) is 12.4 Å². The molecule has 0 aromatic heterocycles. The van der Waals surface area contributed by atoms with E-state index in [1.807, 2.05) is 79.2 Å². The Labute approximate surface area is 237 Å². The number of ether oxygens (including phenoxy) is 1. The molecule has 0 unspecified atom stereocenters. The molecule has 38 heavy (non-hydrogen) atoms. The quantitative estimate of drug-likeness (QED) is 0.233. The maximum Gasteiger partial charge on any atom is 0.266 e. The van der Waals surface area contributed by atoms with Gasteiger partial charge in [0, 0.05) is 24.8 Å². The predicted octanol–water partition coefficient (Wildman–Crippen LogP) is 4.41. The van der Waals surface area contributed by atoms with Gasteiger partial charge in [0.2, 0.25) is 10.0 Å². The lowest BCUT2D eigenvalue weighted by atomic mass is 10.0. The molecule has 3 aromatic rings. The number of hydrogen-bond acceptors (Lipinski definition) is 7. The van der Waals surface area contributed by atoms with Crippen molar-refractivity contribution in [3.8, 4) is 16.9 Å². The third-order valence-electron chi connectivity index (χ3n) is 5.24. The second kappa shape index (κ2) is 15.6. The van der Waals surface area contributed by atoms with Gasteiger partial charge in [0.15, 0.2) is 0 Å². The van der Waals surface area contributed by atoms with Crippen LogP contribution in [0.2, 0.25) is 0 Å². The number of carbonyl (C=O) groups excluding carboxylic acids is 1. The average molecular weight is 585 g/mol. The first kappa shape index (κ1) is 33.2. The van der Waals surface area contributed by atoms with Crippen molar-refractivity contribution in [3.63, 3.8) is 0 Å². The molecule has 1 amide bonds. The van der Waals surface area contributed by atoms with Gasteiger partial charge in [-0.15, -0.1) is 24.8 Å². The van der Waals surface area contributed by atoms with Gasteiger partial charge in [-0.1, -0.05) is 48.5 Å². The first-order valence-electron chi connectivity index (χ1n) is 11.7. The summed E-state index contributed by atoms with van der Waals surface area (Å²) < 4.78 is 30.8. The topological polar surface area (TPSA) is 117 Å². The molecule has 4 N–H and O–H groups in total. The summed E-state index contributed by atoms with van der Waals surface area (Å²) in [5.74, 6) is 0.0367. The molecule has 3 rings (SSSR count). The molecule has 0 aliphatic heterocycles. The van der Waals surface area contributed by atoms with Crippen LogP contribution < -0.4 is 20.1 Å². The van der Waals surface area contributed by atoms with Crippen LogP contribution in [0.4, 0.5) is 5.69 Å². The van der Waals surface area contributed by atoms with Crippen LogP contribution in [0.5, 0.6) is 5.75 Å². The number of aliphatic hydroxyl groups excluding tert-OH is 1. The van der Waals surface area contributed by atoms with E-state index < -0.39 is 22.0 Å². The highest BCUT2D eigenvalue weighted by atomic mass is 35.5. The Morgan fingerprint density at radius 2 is 1.58 bits per heavy atom. The van der Waals surface area contributed by atoms with Crippen molar-refractivity contribution in [2.24, 2.45) is 0 Å². The van der Waals surface area contributed by atoms with E-state index >= 15 is 0 Å². The third kappa shape index (κ3) is 10.5. The van der Waals surface area contributed by atoms with Gasteiger partial charge in [-0.3, -0.25) is 4.79 Å². The van der Waals surface area contributed by atoms with E-state index in [1.54, 1.807) is 12.1 Å².